The molecule has 0 bridgehead atoms. The summed E-state index contributed by atoms with van der Waals surface area (Å²) in [7, 11) is 1.78. The lowest BCUT2D eigenvalue weighted by atomic mass is 9.83. The maximum absolute atomic E-state index is 13.1. The first-order valence-electron chi connectivity index (χ1n) is 11.3. The highest BCUT2D eigenvalue weighted by atomic mass is 16.3. The SMILES string of the molecule is Cn1c(C(=O)NC2CCCCC2C(=O)NC(C#N)Cc2ccccc2)cc2ccc(O)cc21. The predicted octanol–water partition coefficient (Wildman–Crippen LogP) is 3.42. The third-order valence-corrected chi connectivity index (χ3v) is 6.44. The van der Waals surface area contributed by atoms with Gasteiger partial charge in [0.25, 0.3) is 5.91 Å². The van der Waals surface area contributed by atoms with Crippen LogP contribution in [-0.4, -0.2) is 33.6 Å². The summed E-state index contributed by atoms with van der Waals surface area (Å²) < 4.78 is 1.74. The van der Waals surface area contributed by atoms with Crippen molar-refractivity contribution in [3.05, 3.63) is 65.9 Å². The summed E-state index contributed by atoms with van der Waals surface area (Å²) in [4.78, 5) is 26.2. The van der Waals surface area contributed by atoms with Crippen molar-refractivity contribution in [1.29, 1.82) is 5.26 Å². The van der Waals surface area contributed by atoms with Crippen LogP contribution in [0.15, 0.2) is 54.6 Å². The minimum atomic E-state index is -0.621. The molecule has 1 aromatic heterocycles. The second-order valence-electron chi connectivity index (χ2n) is 8.68. The molecule has 3 aromatic rings. The number of hydrogen-bond acceptors (Lipinski definition) is 4. The molecule has 3 atom stereocenters. The zero-order valence-electron chi connectivity index (χ0n) is 18.6. The van der Waals surface area contributed by atoms with Gasteiger partial charge in [-0.05, 0) is 36.6 Å². The maximum atomic E-state index is 13.1. The first-order valence-corrected chi connectivity index (χ1v) is 11.3. The number of benzene rings is 2. The van der Waals surface area contributed by atoms with Crippen molar-refractivity contribution in [3.63, 3.8) is 0 Å². The highest BCUT2D eigenvalue weighted by Crippen LogP contribution is 2.27. The number of phenolic OH excluding ortho intramolecular Hbond substituents is 1. The number of hydrogen-bond donors (Lipinski definition) is 3. The Morgan fingerprint density at radius 1 is 1.15 bits per heavy atom. The minimum absolute atomic E-state index is 0.141. The summed E-state index contributed by atoms with van der Waals surface area (Å²) in [5, 5.41) is 26.1. The van der Waals surface area contributed by atoms with Gasteiger partial charge in [-0.3, -0.25) is 9.59 Å². The number of aromatic hydroxyl groups is 1. The van der Waals surface area contributed by atoms with Crippen LogP contribution in [0.1, 0.15) is 41.7 Å². The van der Waals surface area contributed by atoms with Crippen molar-refractivity contribution in [3.8, 4) is 11.8 Å². The molecule has 0 spiro atoms. The van der Waals surface area contributed by atoms with Crippen molar-refractivity contribution < 1.29 is 14.7 Å². The number of aryl methyl sites for hydroxylation is 1. The van der Waals surface area contributed by atoms with Crippen molar-refractivity contribution in [1.82, 2.24) is 15.2 Å². The number of fused-ring (bicyclic) bond motifs is 1. The van der Waals surface area contributed by atoms with Crippen LogP contribution in [0.2, 0.25) is 0 Å². The molecule has 3 unspecified atom stereocenters. The van der Waals surface area contributed by atoms with Crippen LogP contribution < -0.4 is 10.6 Å². The van der Waals surface area contributed by atoms with E-state index in [1.54, 1.807) is 35.9 Å². The summed E-state index contributed by atoms with van der Waals surface area (Å²) >= 11 is 0. The van der Waals surface area contributed by atoms with E-state index in [1.165, 1.54) is 0 Å². The lowest BCUT2D eigenvalue weighted by molar-refractivity contribution is -0.127. The van der Waals surface area contributed by atoms with Gasteiger partial charge >= 0.3 is 0 Å². The number of nitriles is 1. The van der Waals surface area contributed by atoms with E-state index in [0.29, 0.717) is 25.0 Å². The van der Waals surface area contributed by atoms with Gasteiger partial charge in [0.05, 0.1) is 17.5 Å². The predicted molar refractivity (Wildman–Crippen MR) is 125 cm³/mol. The topological polar surface area (TPSA) is 107 Å². The molecule has 1 aliphatic rings. The number of carbonyl (C=O) groups excluding carboxylic acids is 2. The fourth-order valence-electron chi connectivity index (χ4n) is 4.65. The van der Waals surface area contributed by atoms with Gasteiger partial charge in [-0.25, -0.2) is 0 Å². The second-order valence-corrected chi connectivity index (χ2v) is 8.68. The molecule has 170 valence electrons. The molecule has 4 rings (SSSR count). The second kappa shape index (κ2) is 9.78. The number of aromatic nitrogens is 1. The fraction of sp³-hybridized carbons (Fsp3) is 0.346. The van der Waals surface area contributed by atoms with Crippen molar-refractivity contribution in [2.45, 2.75) is 44.2 Å². The molecule has 2 amide bonds. The Labute approximate surface area is 193 Å². The first-order chi connectivity index (χ1) is 16.0. The largest absolute Gasteiger partial charge is 0.508 e. The van der Waals surface area contributed by atoms with Crippen LogP contribution in [0.3, 0.4) is 0 Å². The van der Waals surface area contributed by atoms with Crippen LogP contribution >= 0.6 is 0 Å². The van der Waals surface area contributed by atoms with E-state index in [9.17, 15) is 20.0 Å². The number of phenols is 1. The van der Waals surface area contributed by atoms with E-state index >= 15 is 0 Å². The normalized spacial score (nSPS) is 18.9. The smallest absolute Gasteiger partial charge is 0.268 e. The summed E-state index contributed by atoms with van der Waals surface area (Å²) in [6.07, 6.45) is 3.67. The van der Waals surface area contributed by atoms with E-state index in [-0.39, 0.29) is 29.5 Å². The summed E-state index contributed by atoms with van der Waals surface area (Å²) in [6.45, 7) is 0. The Morgan fingerprint density at radius 2 is 1.91 bits per heavy atom. The van der Waals surface area contributed by atoms with Gasteiger partial charge in [-0.2, -0.15) is 5.26 Å². The molecular formula is C26H28N4O3. The molecule has 1 heterocycles. The Bertz CT molecular complexity index is 1200. The molecule has 0 saturated heterocycles. The molecule has 1 fully saturated rings. The third-order valence-electron chi connectivity index (χ3n) is 6.44. The number of rotatable bonds is 6. The number of nitrogens with one attached hydrogen (secondary N) is 2. The number of amides is 2. The molecule has 0 radical (unpaired) electrons. The Hall–Kier alpha value is -3.79. The molecule has 3 N–H and O–H groups in total. The summed E-state index contributed by atoms with van der Waals surface area (Å²) in [5.41, 5.74) is 2.22. The van der Waals surface area contributed by atoms with Crippen LogP contribution in [0.5, 0.6) is 5.75 Å². The van der Waals surface area contributed by atoms with E-state index < -0.39 is 6.04 Å². The zero-order valence-corrected chi connectivity index (χ0v) is 18.6. The Morgan fingerprint density at radius 3 is 2.67 bits per heavy atom. The van der Waals surface area contributed by atoms with Crippen LogP contribution in [-0.2, 0) is 18.3 Å². The summed E-state index contributed by atoms with van der Waals surface area (Å²) in [5.74, 6) is -0.682. The Kier molecular flexibility index (Phi) is 6.64. The van der Waals surface area contributed by atoms with Crippen LogP contribution in [0.4, 0.5) is 0 Å². The highest BCUT2D eigenvalue weighted by Gasteiger charge is 2.33. The molecule has 1 aliphatic carbocycles. The molecule has 0 aliphatic heterocycles. The van der Waals surface area contributed by atoms with E-state index in [0.717, 1.165) is 29.3 Å². The van der Waals surface area contributed by atoms with E-state index in [4.69, 9.17) is 0 Å². The number of nitrogens with zero attached hydrogens (tertiary/aromatic N) is 2. The molecule has 1 saturated carbocycles. The standard InChI is InChI=1S/C26H28N4O3/c1-30-23-15-20(31)12-11-18(23)14-24(30)26(33)29-22-10-6-5-9-21(22)25(32)28-19(16-27)13-17-7-3-2-4-8-17/h2-4,7-8,11-12,14-15,19,21-22,31H,5-6,9-10,13H2,1H3,(H,28,32)(H,29,33). The van der Waals surface area contributed by atoms with Gasteiger partial charge in [0, 0.05) is 31.0 Å². The summed E-state index contributed by atoms with van der Waals surface area (Å²) in [6, 6.07) is 17.6. The Balaban J connectivity index is 1.46. The van der Waals surface area contributed by atoms with Gasteiger partial charge in [0.15, 0.2) is 0 Å². The van der Waals surface area contributed by atoms with Gasteiger partial charge in [-0.15, -0.1) is 0 Å². The molecular weight excluding hydrogens is 416 g/mol. The van der Waals surface area contributed by atoms with Gasteiger partial charge in [0.1, 0.15) is 17.5 Å². The lowest BCUT2D eigenvalue weighted by Gasteiger charge is -2.31. The maximum Gasteiger partial charge on any atom is 0.268 e. The average molecular weight is 445 g/mol. The van der Waals surface area contributed by atoms with E-state index in [1.807, 2.05) is 30.3 Å². The number of carbonyl (C=O) groups is 2. The van der Waals surface area contributed by atoms with Crippen molar-refractivity contribution in [2.24, 2.45) is 13.0 Å². The van der Waals surface area contributed by atoms with Crippen molar-refractivity contribution >= 4 is 22.7 Å². The van der Waals surface area contributed by atoms with Gasteiger partial charge in [-0.1, -0.05) is 43.2 Å². The fourth-order valence-corrected chi connectivity index (χ4v) is 4.65. The van der Waals surface area contributed by atoms with E-state index in [2.05, 4.69) is 16.7 Å². The highest BCUT2D eigenvalue weighted by molar-refractivity contribution is 5.99. The lowest BCUT2D eigenvalue weighted by Crippen LogP contribution is -2.50. The van der Waals surface area contributed by atoms with Gasteiger partial charge in [0.2, 0.25) is 5.91 Å². The molecule has 33 heavy (non-hydrogen) atoms. The quantitative estimate of drug-likeness (QED) is 0.541. The zero-order chi connectivity index (χ0) is 23.4. The third kappa shape index (κ3) is 5.01. The van der Waals surface area contributed by atoms with Gasteiger partial charge < -0.3 is 20.3 Å². The molecule has 7 heteroatoms. The van der Waals surface area contributed by atoms with Crippen LogP contribution in [0.25, 0.3) is 10.9 Å². The first kappa shape index (κ1) is 22.4. The molecule has 2 aromatic carbocycles. The minimum Gasteiger partial charge on any atom is -0.508 e. The molecule has 7 nitrogen and oxygen atoms in total. The van der Waals surface area contributed by atoms with Crippen molar-refractivity contribution in [2.75, 3.05) is 0 Å². The monoisotopic (exact) mass is 444 g/mol. The average Bonchev–Trinajstić information content (AvgIpc) is 3.15. The van der Waals surface area contributed by atoms with Crippen LogP contribution in [0, 0.1) is 17.2 Å².